The molecular formula is C19H25NO2. The quantitative estimate of drug-likeness (QED) is 0.843. The summed E-state index contributed by atoms with van der Waals surface area (Å²) in [5.74, 6) is 0.933. The molecule has 0 saturated carbocycles. The fraction of sp³-hybridized carbons (Fsp3) is 0.421. The van der Waals surface area contributed by atoms with Gasteiger partial charge in [-0.2, -0.15) is 0 Å². The summed E-state index contributed by atoms with van der Waals surface area (Å²) < 4.78 is 5.75. The van der Waals surface area contributed by atoms with Gasteiger partial charge in [0.15, 0.2) is 0 Å². The van der Waals surface area contributed by atoms with Gasteiger partial charge in [0, 0.05) is 13.5 Å². The molecule has 118 valence electrons. The van der Waals surface area contributed by atoms with E-state index in [2.05, 4.69) is 43.4 Å². The van der Waals surface area contributed by atoms with Crippen molar-refractivity contribution >= 4 is 16.7 Å². The summed E-state index contributed by atoms with van der Waals surface area (Å²) in [4.78, 5) is 11.1. The minimum absolute atomic E-state index is 0.0166. The number of nitrogens with one attached hydrogen (secondary N) is 1. The van der Waals surface area contributed by atoms with Crippen LogP contribution in [0, 0.1) is 0 Å². The number of rotatable bonds is 7. The van der Waals surface area contributed by atoms with Crippen molar-refractivity contribution in [3.63, 3.8) is 0 Å². The van der Waals surface area contributed by atoms with Crippen molar-refractivity contribution in [2.24, 2.45) is 0 Å². The molecule has 1 amide bonds. The number of fused-ring (bicyclic) bond motifs is 1. The van der Waals surface area contributed by atoms with E-state index in [1.54, 1.807) is 6.92 Å². The first-order valence-electron chi connectivity index (χ1n) is 8.06. The number of carbonyl (C=O) groups excluding carboxylic acids is 1. The van der Waals surface area contributed by atoms with E-state index in [1.165, 1.54) is 21.9 Å². The van der Waals surface area contributed by atoms with Gasteiger partial charge < -0.3 is 10.1 Å². The zero-order valence-corrected chi connectivity index (χ0v) is 13.7. The van der Waals surface area contributed by atoms with Crippen molar-refractivity contribution in [1.29, 1.82) is 0 Å². The predicted molar refractivity (Wildman–Crippen MR) is 91.5 cm³/mol. The third-order valence-electron chi connectivity index (χ3n) is 3.72. The van der Waals surface area contributed by atoms with E-state index in [1.807, 2.05) is 6.07 Å². The van der Waals surface area contributed by atoms with Crippen LogP contribution in [0.3, 0.4) is 0 Å². The third-order valence-corrected chi connectivity index (χ3v) is 3.72. The van der Waals surface area contributed by atoms with Gasteiger partial charge in [-0.15, -0.1) is 0 Å². The molecule has 0 radical (unpaired) electrons. The second-order valence-electron chi connectivity index (χ2n) is 5.57. The van der Waals surface area contributed by atoms with Crippen LogP contribution in [0.25, 0.3) is 10.8 Å². The maximum atomic E-state index is 11.1. The van der Waals surface area contributed by atoms with Crippen molar-refractivity contribution < 1.29 is 9.53 Å². The highest BCUT2D eigenvalue weighted by atomic mass is 16.5. The van der Waals surface area contributed by atoms with Crippen molar-refractivity contribution in [3.05, 3.63) is 41.5 Å². The number of hydrogen-bond acceptors (Lipinski definition) is 2. The molecule has 0 aliphatic heterocycles. The topological polar surface area (TPSA) is 38.3 Å². The Labute approximate surface area is 132 Å². The van der Waals surface area contributed by atoms with Crippen LogP contribution in [-0.2, 0) is 17.6 Å². The largest absolute Gasteiger partial charge is 0.494 e. The molecule has 0 aromatic heterocycles. The van der Waals surface area contributed by atoms with Crippen molar-refractivity contribution in [2.45, 2.75) is 40.0 Å². The lowest BCUT2D eigenvalue weighted by Crippen LogP contribution is -2.22. The number of carbonyl (C=O) groups is 1. The number of aryl methyl sites for hydroxylation is 1. The number of ether oxygens (including phenoxy) is 1. The summed E-state index contributed by atoms with van der Waals surface area (Å²) in [7, 11) is 0. The summed E-state index contributed by atoms with van der Waals surface area (Å²) in [6, 6.07) is 10.8. The minimum Gasteiger partial charge on any atom is -0.494 e. The van der Waals surface area contributed by atoms with E-state index in [9.17, 15) is 4.79 Å². The van der Waals surface area contributed by atoms with E-state index in [-0.39, 0.29) is 5.91 Å². The van der Waals surface area contributed by atoms with Crippen LogP contribution in [0.1, 0.15) is 38.3 Å². The minimum atomic E-state index is 0.0166. The van der Waals surface area contributed by atoms with Crippen molar-refractivity contribution in [3.8, 4) is 5.75 Å². The maximum absolute atomic E-state index is 11.1. The fourth-order valence-corrected chi connectivity index (χ4v) is 2.58. The smallest absolute Gasteiger partial charge is 0.216 e. The number of benzene rings is 2. The first kappa shape index (κ1) is 16.3. The Morgan fingerprint density at radius 1 is 1.18 bits per heavy atom. The lowest BCUT2D eigenvalue weighted by atomic mass is 9.97. The average molecular weight is 299 g/mol. The van der Waals surface area contributed by atoms with Gasteiger partial charge in [-0.05, 0) is 53.3 Å². The zero-order chi connectivity index (χ0) is 15.9. The second kappa shape index (κ2) is 7.83. The van der Waals surface area contributed by atoms with Gasteiger partial charge in [-0.1, -0.05) is 32.0 Å². The third kappa shape index (κ3) is 4.23. The SMILES string of the molecule is CCCOc1ccc2cc(CC)cc(CCNC(C)=O)c2c1. The molecule has 0 saturated heterocycles. The summed E-state index contributed by atoms with van der Waals surface area (Å²) in [5.41, 5.74) is 2.60. The second-order valence-corrected chi connectivity index (χ2v) is 5.57. The van der Waals surface area contributed by atoms with E-state index >= 15 is 0 Å². The van der Waals surface area contributed by atoms with Crippen LogP contribution in [0.15, 0.2) is 30.3 Å². The van der Waals surface area contributed by atoms with E-state index in [0.29, 0.717) is 6.54 Å². The van der Waals surface area contributed by atoms with Crippen molar-refractivity contribution in [2.75, 3.05) is 13.2 Å². The zero-order valence-electron chi connectivity index (χ0n) is 13.7. The molecule has 0 heterocycles. The Morgan fingerprint density at radius 2 is 2.00 bits per heavy atom. The fourth-order valence-electron chi connectivity index (χ4n) is 2.58. The van der Waals surface area contributed by atoms with E-state index in [4.69, 9.17) is 4.74 Å². The molecule has 0 spiro atoms. The van der Waals surface area contributed by atoms with Gasteiger partial charge in [0.25, 0.3) is 0 Å². The molecule has 0 bridgehead atoms. The summed E-state index contributed by atoms with van der Waals surface area (Å²) in [6.45, 7) is 7.22. The highest BCUT2D eigenvalue weighted by molar-refractivity contribution is 5.88. The maximum Gasteiger partial charge on any atom is 0.216 e. The Balaban J connectivity index is 2.33. The molecule has 0 aliphatic rings. The van der Waals surface area contributed by atoms with Crippen LogP contribution in [0.4, 0.5) is 0 Å². The Morgan fingerprint density at radius 3 is 2.68 bits per heavy atom. The molecule has 3 nitrogen and oxygen atoms in total. The molecular weight excluding hydrogens is 274 g/mol. The van der Waals surface area contributed by atoms with Gasteiger partial charge in [0.05, 0.1) is 6.61 Å². The van der Waals surface area contributed by atoms with Gasteiger partial charge >= 0.3 is 0 Å². The summed E-state index contributed by atoms with van der Waals surface area (Å²) in [6.07, 6.45) is 2.85. The molecule has 0 aliphatic carbocycles. The molecule has 2 rings (SSSR count). The van der Waals surface area contributed by atoms with E-state index < -0.39 is 0 Å². The van der Waals surface area contributed by atoms with Gasteiger partial charge in [-0.3, -0.25) is 4.79 Å². The highest BCUT2D eigenvalue weighted by Crippen LogP contribution is 2.26. The van der Waals surface area contributed by atoms with Gasteiger partial charge in [-0.25, -0.2) is 0 Å². The standard InChI is InChI=1S/C19H25NO2/c1-4-10-22-18-7-6-16-11-15(5-2)12-17(19(16)13-18)8-9-20-14(3)21/h6-7,11-13H,4-5,8-10H2,1-3H3,(H,20,21). The van der Waals surface area contributed by atoms with E-state index in [0.717, 1.165) is 31.6 Å². The van der Waals surface area contributed by atoms with Gasteiger partial charge in [0.1, 0.15) is 5.75 Å². The monoisotopic (exact) mass is 299 g/mol. The Hall–Kier alpha value is -2.03. The van der Waals surface area contributed by atoms with Crippen LogP contribution in [0.5, 0.6) is 5.75 Å². The molecule has 1 N–H and O–H groups in total. The van der Waals surface area contributed by atoms with Gasteiger partial charge in [0.2, 0.25) is 5.91 Å². The number of amides is 1. The van der Waals surface area contributed by atoms with Crippen LogP contribution in [0.2, 0.25) is 0 Å². The Kier molecular flexibility index (Phi) is 5.82. The van der Waals surface area contributed by atoms with Crippen molar-refractivity contribution in [1.82, 2.24) is 5.32 Å². The highest BCUT2D eigenvalue weighted by Gasteiger charge is 2.06. The Bertz CT molecular complexity index is 649. The molecule has 0 atom stereocenters. The summed E-state index contributed by atoms with van der Waals surface area (Å²) >= 11 is 0. The first-order chi connectivity index (χ1) is 10.6. The molecule has 3 heteroatoms. The lowest BCUT2D eigenvalue weighted by Gasteiger charge is -2.12. The van der Waals surface area contributed by atoms with Crippen LogP contribution < -0.4 is 10.1 Å². The molecule has 2 aromatic carbocycles. The molecule has 22 heavy (non-hydrogen) atoms. The number of hydrogen-bond donors (Lipinski definition) is 1. The molecule has 0 unspecified atom stereocenters. The summed E-state index contributed by atoms with van der Waals surface area (Å²) in [5, 5.41) is 5.33. The predicted octanol–water partition coefficient (Wildman–Crippen LogP) is 3.87. The average Bonchev–Trinajstić information content (AvgIpc) is 2.52. The van der Waals surface area contributed by atoms with Crippen LogP contribution in [-0.4, -0.2) is 19.1 Å². The van der Waals surface area contributed by atoms with Crippen LogP contribution >= 0.6 is 0 Å². The molecule has 2 aromatic rings. The lowest BCUT2D eigenvalue weighted by molar-refractivity contribution is -0.118. The first-order valence-corrected chi connectivity index (χ1v) is 8.06. The normalized spacial score (nSPS) is 10.7. The molecule has 0 fully saturated rings.